The quantitative estimate of drug-likeness (QED) is 0.670. The number of aromatic nitrogens is 5. The van der Waals surface area contributed by atoms with Crippen LogP contribution in [0.1, 0.15) is 47.9 Å². The van der Waals surface area contributed by atoms with E-state index in [2.05, 4.69) is 20.2 Å². The normalized spacial score (nSPS) is 17.2. The fourth-order valence-electron chi connectivity index (χ4n) is 3.60. The molecule has 1 aliphatic rings. The van der Waals surface area contributed by atoms with Gasteiger partial charge in [0.2, 0.25) is 0 Å². The highest BCUT2D eigenvalue weighted by Gasteiger charge is 2.31. The summed E-state index contributed by atoms with van der Waals surface area (Å²) in [6.07, 6.45) is 9.05. The van der Waals surface area contributed by atoms with Crippen molar-refractivity contribution in [3.05, 3.63) is 42.1 Å². The zero-order valence-corrected chi connectivity index (χ0v) is 16.9. The number of nitrogens with zero attached hydrogens (tertiary/aromatic N) is 7. The summed E-state index contributed by atoms with van der Waals surface area (Å²) in [6.45, 7) is 0.667. The average Bonchev–Trinajstić information content (AvgIpc) is 3.30. The highest BCUT2D eigenvalue weighted by molar-refractivity contribution is 5.95. The molecule has 1 atom stereocenters. The van der Waals surface area contributed by atoms with Crippen LogP contribution >= 0.6 is 0 Å². The number of likely N-dealkylation sites (tertiary alicyclic amines) is 1. The molecule has 9 heteroatoms. The number of anilines is 1. The summed E-state index contributed by atoms with van der Waals surface area (Å²) in [4.78, 5) is 26.0. The van der Waals surface area contributed by atoms with Crippen LogP contribution in [0.3, 0.4) is 0 Å². The molecular formula is C20H25N7O2. The lowest BCUT2D eigenvalue weighted by molar-refractivity contribution is 0.0670. The summed E-state index contributed by atoms with van der Waals surface area (Å²) < 4.78 is 7.16. The van der Waals surface area contributed by atoms with Crippen LogP contribution in [0.2, 0.25) is 0 Å². The predicted octanol–water partition coefficient (Wildman–Crippen LogP) is 2.69. The Morgan fingerprint density at radius 2 is 2.14 bits per heavy atom. The fraction of sp³-hybridized carbons (Fsp3) is 0.450. The molecule has 0 N–H and O–H groups in total. The first-order valence-electron chi connectivity index (χ1n) is 9.80. The van der Waals surface area contributed by atoms with E-state index in [0.29, 0.717) is 23.8 Å². The molecule has 0 aliphatic carbocycles. The zero-order valence-electron chi connectivity index (χ0n) is 16.9. The van der Waals surface area contributed by atoms with Gasteiger partial charge in [-0.2, -0.15) is 10.1 Å². The number of hydrogen-bond donors (Lipinski definition) is 0. The third kappa shape index (κ3) is 3.98. The molecule has 1 unspecified atom stereocenters. The number of amides is 1. The summed E-state index contributed by atoms with van der Waals surface area (Å²) >= 11 is 0. The Bertz CT molecular complexity index is 994. The van der Waals surface area contributed by atoms with Crippen LogP contribution in [0.15, 0.2) is 35.2 Å². The molecule has 0 radical (unpaired) electrons. The van der Waals surface area contributed by atoms with Crippen molar-refractivity contribution in [1.29, 1.82) is 0 Å². The van der Waals surface area contributed by atoms with Crippen LogP contribution < -0.4 is 4.90 Å². The molecule has 152 valence electrons. The van der Waals surface area contributed by atoms with Gasteiger partial charge in [0.25, 0.3) is 11.8 Å². The third-order valence-electron chi connectivity index (χ3n) is 5.16. The minimum absolute atomic E-state index is 0.0323. The molecule has 1 aliphatic heterocycles. The SMILES string of the molecule is CN(C)c1cc(C(=O)N2CCCCCC2c2noc(-c3cnn(C)c3)n2)ccn1. The molecule has 9 nitrogen and oxygen atoms in total. The minimum Gasteiger partial charge on any atom is -0.363 e. The molecule has 1 fully saturated rings. The van der Waals surface area contributed by atoms with Gasteiger partial charge in [-0.15, -0.1) is 0 Å². The van der Waals surface area contributed by atoms with Crippen LogP contribution in [-0.2, 0) is 7.05 Å². The summed E-state index contributed by atoms with van der Waals surface area (Å²) in [5.41, 5.74) is 1.38. The van der Waals surface area contributed by atoms with Crippen molar-refractivity contribution in [2.75, 3.05) is 25.5 Å². The van der Waals surface area contributed by atoms with Crippen LogP contribution in [0.4, 0.5) is 5.82 Å². The van der Waals surface area contributed by atoms with Crippen molar-refractivity contribution in [2.24, 2.45) is 7.05 Å². The van der Waals surface area contributed by atoms with Crippen LogP contribution in [0.5, 0.6) is 0 Å². The maximum absolute atomic E-state index is 13.4. The molecule has 3 aromatic rings. The maximum atomic E-state index is 13.4. The first-order valence-corrected chi connectivity index (χ1v) is 9.80. The van der Waals surface area contributed by atoms with Crippen molar-refractivity contribution in [3.63, 3.8) is 0 Å². The summed E-state index contributed by atoms with van der Waals surface area (Å²) in [7, 11) is 5.65. The lowest BCUT2D eigenvalue weighted by Gasteiger charge is -2.28. The topological polar surface area (TPSA) is 93.2 Å². The van der Waals surface area contributed by atoms with E-state index in [4.69, 9.17) is 4.52 Å². The molecule has 1 amide bonds. The molecular weight excluding hydrogens is 370 g/mol. The van der Waals surface area contributed by atoms with Gasteiger partial charge in [-0.3, -0.25) is 9.48 Å². The van der Waals surface area contributed by atoms with Gasteiger partial charge in [0.05, 0.1) is 17.8 Å². The number of hydrogen-bond acceptors (Lipinski definition) is 7. The molecule has 3 aromatic heterocycles. The van der Waals surface area contributed by atoms with Gasteiger partial charge >= 0.3 is 0 Å². The van der Waals surface area contributed by atoms with E-state index in [1.165, 1.54) is 0 Å². The van der Waals surface area contributed by atoms with E-state index < -0.39 is 0 Å². The zero-order chi connectivity index (χ0) is 20.4. The molecule has 29 heavy (non-hydrogen) atoms. The van der Waals surface area contributed by atoms with Crippen LogP contribution in [0.25, 0.3) is 11.5 Å². The highest BCUT2D eigenvalue weighted by Crippen LogP contribution is 2.31. The number of carbonyl (C=O) groups excluding carboxylic acids is 1. The maximum Gasteiger partial charge on any atom is 0.261 e. The Balaban J connectivity index is 1.63. The molecule has 0 spiro atoms. The average molecular weight is 395 g/mol. The molecule has 4 rings (SSSR count). The lowest BCUT2D eigenvalue weighted by atomic mass is 10.1. The second-order valence-corrected chi connectivity index (χ2v) is 7.52. The Hall–Kier alpha value is -3.23. The highest BCUT2D eigenvalue weighted by atomic mass is 16.5. The molecule has 0 aromatic carbocycles. The predicted molar refractivity (Wildman–Crippen MR) is 107 cm³/mol. The van der Waals surface area contributed by atoms with Crippen molar-refractivity contribution in [3.8, 4) is 11.5 Å². The van der Waals surface area contributed by atoms with Crippen molar-refractivity contribution in [2.45, 2.75) is 31.7 Å². The van der Waals surface area contributed by atoms with Crippen molar-refractivity contribution < 1.29 is 9.32 Å². The summed E-state index contributed by atoms with van der Waals surface area (Å²) in [5.74, 6) is 1.68. The van der Waals surface area contributed by atoms with Gasteiger partial charge in [0.1, 0.15) is 5.82 Å². The second kappa shape index (κ2) is 8.02. The van der Waals surface area contributed by atoms with Crippen LogP contribution in [-0.4, -0.2) is 56.4 Å². The van der Waals surface area contributed by atoms with E-state index in [1.807, 2.05) is 43.2 Å². The Morgan fingerprint density at radius 3 is 2.90 bits per heavy atom. The van der Waals surface area contributed by atoms with Gasteiger partial charge in [-0.25, -0.2) is 4.98 Å². The number of rotatable bonds is 4. The van der Waals surface area contributed by atoms with E-state index >= 15 is 0 Å². The van der Waals surface area contributed by atoms with E-state index in [9.17, 15) is 4.79 Å². The fourth-order valence-corrected chi connectivity index (χ4v) is 3.60. The largest absolute Gasteiger partial charge is 0.363 e. The first-order chi connectivity index (χ1) is 14.0. The van der Waals surface area contributed by atoms with Crippen molar-refractivity contribution in [1.82, 2.24) is 29.8 Å². The van der Waals surface area contributed by atoms with Gasteiger partial charge in [0.15, 0.2) is 5.82 Å². The standard InChI is InChI=1S/C20H25N7O2/c1-25(2)17-11-14(8-9-21-17)20(28)27-10-6-4-5-7-16(27)18-23-19(29-24-18)15-12-22-26(3)13-15/h8-9,11-13,16H,4-7,10H2,1-3H3. The van der Waals surface area contributed by atoms with E-state index in [1.54, 1.807) is 23.1 Å². The summed E-state index contributed by atoms with van der Waals surface area (Å²) in [6, 6.07) is 3.37. The molecule has 1 saturated heterocycles. The van der Waals surface area contributed by atoms with Crippen molar-refractivity contribution >= 4 is 11.7 Å². The van der Waals surface area contributed by atoms with Gasteiger partial charge in [-0.1, -0.05) is 18.0 Å². The molecule has 0 bridgehead atoms. The van der Waals surface area contributed by atoms with E-state index in [-0.39, 0.29) is 11.9 Å². The number of aryl methyl sites for hydroxylation is 1. The minimum atomic E-state index is -0.213. The number of pyridine rings is 1. The first kappa shape index (κ1) is 19.1. The third-order valence-corrected chi connectivity index (χ3v) is 5.16. The number of carbonyl (C=O) groups is 1. The van der Waals surface area contributed by atoms with Gasteiger partial charge < -0.3 is 14.3 Å². The summed E-state index contributed by atoms with van der Waals surface area (Å²) in [5, 5.41) is 8.35. The second-order valence-electron chi connectivity index (χ2n) is 7.52. The Morgan fingerprint density at radius 1 is 1.28 bits per heavy atom. The molecule has 0 saturated carbocycles. The smallest absolute Gasteiger partial charge is 0.261 e. The Labute approximate surface area is 169 Å². The van der Waals surface area contributed by atoms with Gasteiger partial charge in [-0.05, 0) is 25.0 Å². The Kier molecular flexibility index (Phi) is 5.28. The molecule has 4 heterocycles. The van der Waals surface area contributed by atoms with E-state index in [0.717, 1.165) is 37.1 Å². The lowest BCUT2D eigenvalue weighted by Crippen LogP contribution is -2.35. The van der Waals surface area contributed by atoms with Crippen LogP contribution in [0, 0.1) is 0 Å². The monoisotopic (exact) mass is 395 g/mol. The van der Waals surface area contributed by atoms with Gasteiger partial charge in [0, 0.05) is 45.6 Å².